The van der Waals surface area contributed by atoms with Crippen molar-refractivity contribution in [3.05, 3.63) is 150 Å². The number of nitrogens with zero attached hydrogens (tertiary/aromatic N) is 6. The molecule has 0 radical (unpaired) electrons. The Hall–Kier alpha value is -5.94. The van der Waals surface area contributed by atoms with Crippen LogP contribution in [0.25, 0.3) is 60.6 Å². The average Bonchev–Trinajstić information content (AvgIpc) is 1.75. The number of hydrogen-bond acceptors (Lipinski definition) is 7. The van der Waals surface area contributed by atoms with E-state index in [9.17, 15) is 5.26 Å². The Kier molecular flexibility index (Phi) is 25.2. The normalized spacial score (nSPS) is 13.9. The zero-order valence-electron chi connectivity index (χ0n) is 49.8. The molecule has 0 saturated carbocycles. The molecule has 7 aromatic rings. The van der Waals surface area contributed by atoms with Crippen molar-refractivity contribution in [2.75, 3.05) is 13.2 Å². The van der Waals surface area contributed by atoms with Crippen molar-refractivity contribution >= 4 is 90.9 Å². The Morgan fingerprint density at radius 3 is 1.49 bits per heavy atom. The predicted octanol–water partition coefficient (Wildman–Crippen LogP) is 20.7. The number of ether oxygens (including phenoxy) is 2. The number of H-pyrrole nitrogens is 1. The molecule has 1 N–H and O–H groups in total. The largest absolute Gasteiger partial charge is 0.493 e. The third-order valence-corrected chi connectivity index (χ3v) is 18.0. The maximum atomic E-state index is 11.5. The summed E-state index contributed by atoms with van der Waals surface area (Å²) in [4.78, 5) is 27.7. The van der Waals surface area contributed by atoms with E-state index in [1.165, 1.54) is 128 Å². The number of halogens is 4. The van der Waals surface area contributed by atoms with Crippen molar-refractivity contribution in [1.29, 1.82) is 5.26 Å². The van der Waals surface area contributed by atoms with Gasteiger partial charge in [0, 0.05) is 22.5 Å². The van der Waals surface area contributed by atoms with Crippen LogP contribution in [-0.4, -0.2) is 38.1 Å². The molecule has 84 heavy (non-hydrogen) atoms. The molecular formula is C71H83Cl4N7O2. The Morgan fingerprint density at radius 1 is 0.571 bits per heavy atom. The highest BCUT2D eigenvalue weighted by Crippen LogP contribution is 2.42. The summed E-state index contributed by atoms with van der Waals surface area (Å²) in [6.45, 7) is 19.3. The molecule has 0 saturated heterocycles. The highest BCUT2D eigenvalue weighted by Gasteiger charge is 2.31. The SMILES string of the molecule is [C-]#[N+]/C(=C1/CC(c2cccc(OCC(CCCCCC)CCCCCCCC)c2)=c2c1c(-c1cccc(OCC(CCCCCC)CCCCCCCC)c1)[nH]/c2=C(/C#N)c1cnc2cc(Cl)c(Cl)cc2n1)c1cnc2cc(Cl)c(Cl)cc2n1. The lowest BCUT2D eigenvalue weighted by molar-refractivity contribution is 0.224. The van der Waals surface area contributed by atoms with Crippen LogP contribution in [-0.2, 0) is 0 Å². The Labute approximate surface area is 519 Å². The van der Waals surface area contributed by atoms with Gasteiger partial charge in [-0.3, -0.25) is 15.0 Å². The summed E-state index contributed by atoms with van der Waals surface area (Å²) in [6.07, 6.45) is 33.1. The monoisotopic (exact) mass is 1210 g/mol. The number of aromatic nitrogens is 5. The highest BCUT2D eigenvalue weighted by molar-refractivity contribution is 6.43. The molecule has 1 aliphatic rings. The summed E-state index contributed by atoms with van der Waals surface area (Å²) < 4.78 is 13.6. The van der Waals surface area contributed by atoms with Crippen molar-refractivity contribution < 1.29 is 9.47 Å². The van der Waals surface area contributed by atoms with E-state index in [0.717, 1.165) is 70.2 Å². The summed E-state index contributed by atoms with van der Waals surface area (Å²) in [6, 6.07) is 25.7. The van der Waals surface area contributed by atoms with Gasteiger partial charge < -0.3 is 14.5 Å². The second kappa shape index (κ2) is 33.1. The van der Waals surface area contributed by atoms with Gasteiger partial charge in [-0.25, -0.2) is 9.83 Å². The van der Waals surface area contributed by atoms with Crippen molar-refractivity contribution in [2.45, 2.75) is 188 Å². The molecule has 0 amide bonds. The first-order chi connectivity index (χ1) is 41.1. The molecule has 0 fully saturated rings. The summed E-state index contributed by atoms with van der Waals surface area (Å²) in [5.74, 6) is 2.41. The van der Waals surface area contributed by atoms with Crippen LogP contribution in [0.2, 0.25) is 20.1 Å². The van der Waals surface area contributed by atoms with Crippen LogP contribution >= 0.6 is 46.4 Å². The molecule has 0 bridgehead atoms. The number of rotatable bonds is 34. The van der Waals surface area contributed by atoms with Gasteiger partial charge in [0.05, 0.1) is 84.9 Å². The molecule has 0 aliphatic heterocycles. The molecule has 0 spiro atoms. The minimum absolute atomic E-state index is 0.263. The van der Waals surface area contributed by atoms with Crippen LogP contribution in [0.15, 0.2) is 85.2 Å². The van der Waals surface area contributed by atoms with Gasteiger partial charge in [0.2, 0.25) is 5.70 Å². The van der Waals surface area contributed by atoms with Crippen LogP contribution in [0.4, 0.5) is 0 Å². The molecular weight excluding hydrogens is 1120 g/mol. The van der Waals surface area contributed by atoms with Crippen LogP contribution in [0.1, 0.15) is 211 Å². The van der Waals surface area contributed by atoms with Crippen molar-refractivity contribution in [2.24, 2.45) is 11.8 Å². The summed E-state index contributed by atoms with van der Waals surface area (Å²) >= 11 is 26.1. The summed E-state index contributed by atoms with van der Waals surface area (Å²) in [5, 5.41) is 14.2. The zero-order valence-corrected chi connectivity index (χ0v) is 52.9. The van der Waals surface area contributed by atoms with Gasteiger partial charge >= 0.3 is 0 Å². The van der Waals surface area contributed by atoms with Gasteiger partial charge in [0.25, 0.3) is 0 Å². The summed E-state index contributed by atoms with van der Waals surface area (Å²) in [7, 11) is 0. The van der Waals surface area contributed by atoms with E-state index in [1.807, 2.05) is 24.3 Å². The fourth-order valence-electron chi connectivity index (χ4n) is 11.8. The topological polar surface area (TPSA) is 114 Å². The van der Waals surface area contributed by atoms with Crippen LogP contribution in [0.3, 0.4) is 0 Å². The van der Waals surface area contributed by atoms with E-state index in [1.54, 1.807) is 36.7 Å². The molecule has 1 aliphatic carbocycles. The second-order valence-corrected chi connectivity index (χ2v) is 24.6. The van der Waals surface area contributed by atoms with Gasteiger partial charge in [-0.1, -0.05) is 227 Å². The van der Waals surface area contributed by atoms with Gasteiger partial charge in [0.15, 0.2) is 0 Å². The molecule has 8 rings (SSSR count). The first kappa shape index (κ1) is 64.1. The number of fused-ring (bicyclic) bond motifs is 3. The average molecular weight is 1210 g/mol. The van der Waals surface area contributed by atoms with E-state index in [0.29, 0.717) is 102 Å². The minimum atomic E-state index is 0.263. The molecule has 3 aromatic heterocycles. The van der Waals surface area contributed by atoms with Crippen molar-refractivity contribution in [3.8, 4) is 28.8 Å². The molecule has 4 aromatic carbocycles. The fraction of sp³-hybridized carbons (Fsp3) is 0.465. The molecule has 2 atom stereocenters. The van der Waals surface area contributed by atoms with E-state index in [2.05, 4.69) is 67.9 Å². The third-order valence-electron chi connectivity index (χ3n) is 16.5. The van der Waals surface area contributed by atoms with E-state index < -0.39 is 0 Å². The zero-order chi connectivity index (χ0) is 59.2. The molecule has 442 valence electrons. The van der Waals surface area contributed by atoms with Crippen LogP contribution in [0.5, 0.6) is 11.5 Å². The molecule has 3 heterocycles. The van der Waals surface area contributed by atoms with E-state index >= 15 is 0 Å². The highest BCUT2D eigenvalue weighted by atomic mass is 35.5. The maximum absolute atomic E-state index is 11.5. The third kappa shape index (κ3) is 17.2. The molecule has 9 nitrogen and oxygen atoms in total. The number of aromatic amines is 1. The first-order valence-electron chi connectivity index (χ1n) is 31.3. The molecule has 2 unspecified atom stereocenters. The number of allylic oxidation sites excluding steroid dienone is 1. The first-order valence-corrected chi connectivity index (χ1v) is 32.8. The number of benzene rings is 4. The number of nitrogens with one attached hydrogen (secondary N) is 1. The number of hydrogen-bond donors (Lipinski definition) is 1. The smallest absolute Gasteiger partial charge is 0.218 e. The summed E-state index contributed by atoms with van der Waals surface area (Å²) in [5.41, 5.74) is 8.24. The Morgan fingerprint density at radius 2 is 1.00 bits per heavy atom. The van der Waals surface area contributed by atoms with Crippen LogP contribution < -0.4 is 20.0 Å². The lowest BCUT2D eigenvalue weighted by Crippen LogP contribution is -2.28. The number of unbranched alkanes of at least 4 members (excludes halogenated alkanes) is 16. The minimum Gasteiger partial charge on any atom is -0.493 e. The van der Waals surface area contributed by atoms with Gasteiger partial charge in [0.1, 0.15) is 28.8 Å². The van der Waals surface area contributed by atoms with Gasteiger partial charge in [-0.05, 0) is 109 Å². The Balaban J connectivity index is 1.29. The standard InChI is InChI=1S/C71H83Cl4N7O2/c1-6-10-14-18-20-24-30-48(28-22-16-12-8-3)46-83-52-34-26-32-50(36-52)54-38-55(70(77-5)66-45-79-62-40-58(73)60(75)42-64(62)81-66)68-67(54)71(56(43-76)65-44-78-61-39-57(72)59(74)41-63(61)80-65)82-69(68)51-33-27-35-53(37-51)84-47-49(29-23-17-13-9-4)31-25-21-19-15-11-7-2/h26-27,32-37,39-42,44-45,48-49,82H,6-25,28-31,38,46-47H2,1-4H3/b70-55-,71-56-. The lowest BCUT2D eigenvalue weighted by Gasteiger charge is -2.18. The van der Waals surface area contributed by atoms with Gasteiger partial charge in [-0.15, -0.1) is 0 Å². The lowest BCUT2D eigenvalue weighted by atomic mass is 9.95. The van der Waals surface area contributed by atoms with Crippen LogP contribution in [0, 0.1) is 29.7 Å². The second-order valence-electron chi connectivity index (χ2n) is 22.9. The maximum Gasteiger partial charge on any atom is 0.218 e. The fourth-order valence-corrected chi connectivity index (χ4v) is 12.4. The Bertz CT molecular complexity index is 3580. The molecule has 13 heteroatoms. The number of nitriles is 1. The van der Waals surface area contributed by atoms with Crippen molar-refractivity contribution in [3.63, 3.8) is 0 Å². The predicted molar refractivity (Wildman–Crippen MR) is 351 cm³/mol. The van der Waals surface area contributed by atoms with E-state index in [4.69, 9.17) is 82.4 Å². The van der Waals surface area contributed by atoms with Crippen molar-refractivity contribution in [1.82, 2.24) is 24.9 Å². The van der Waals surface area contributed by atoms with E-state index in [-0.39, 0.29) is 5.57 Å². The quantitative estimate of drug-likeness (QED) is 0.0316. The van der Waals surface area contributed by atoms with Gasteiger partial charge in [-0.2, -0.15) is 5.26 Å².